The number of pyridine rings is 1. The van der Waals surface area contributed by atoms with Gasteiger partial charge in [0.15, 0.2) is 0 Å². The molecule has 1 aromatic heterocycles. The van der Waals surface area contributed by atoms with E-state index in [9.17, 15) is 14.7 Å². The van der Waals surface area contributed by atoms with Gasteiger partial charge in [0.2, 0.25) is 0 Å². The second kappa shape index (κ2) is 6.51. The van der Waals surface area contributed by atoms with Crippen LogP contribution in [0.15, 0.2) is 42.7 Å². The first-order valence-electron chi connectivity index (χ1n) is 6.32. The van der Waals surface area contributed by atoms with E-state index in [0.29, 0.717) is 12.1 Å². The van der Waals surface area contributed by atoms with Gasteiger partial charge in [0.05, 0.1) is 11.8 Å². The molecule has 2 aromatic rings. The number of anilines is 1. The maximum absolute atomic E-state index is 12.1. The SMILES string of the molecule is O=C(O)CCc1ccccc1NC(=O)c1ccncc1O. The molecule has 6 heteroatoms. The van der Waals surface area contributed by atoms with E-state index in [4.69, 9.17) is 5.11 Å². The van der Waals surface area contributed by atoms with Crippen LogP contribution in [0.1, 0.15) is 22.3 Å². The zero-order valence-electron chi connectivity index (χ0n) is 11.1. The number of rotatable bonds is 5. The van der Waals surface area contributed by atoms with Gasteiger partial charge in [0, 0.05) is 18.3 Å². The Kier molecular flexibility index (Phi) is 4.50. The summed E-state index contributed by atoms with van der Waals surface area (Å²) in [6.07, 6.45) is 2.89. The van der Waals surface area contributed by atoms with Crippen LogP contribution in [0.4, 0.5) is 5.69 Å². The molecule has 0 saturated heterocycles. The zero-order chi connectivity index (χ0) is 15.2. The van der Waals surface area contributed by atoms with Crippen LogP contribution in [0.5, 0.6) is 5.75 Å². The normalized spacial score (nSPS) is 10.1. The highest BCUT2D eigenvalue weighted by molar-refractivity contribution is 6.06. The molecule has 21 heavy (non-hydrogen) atoms. The number of nitrogens with zero attached hydrogens (tertiary/aromatic N) is 1. The molecule has 2 rings (SSSR count). The van der Waals surface area contributed by atoms with Crippen LogP contribution in [0.2, 0.25) is 0 Å². The quantitative estimate of drug-likeness (QED) is 0.781. The van der Waals surface area contributed by atoms with E-state index in [0.717, 1.165) is 5.56 Å². The summed E-state index contributed by atoms with van der Waals surface area (Å²) in [6, 6.07) is 8.37. The van der Waals surface area contributed by atoms with Crippen molar-refractivity contribution in [1.82, 2.24) is 4.98 Å². The van der Waals surface area contributed by atoms with E-state index in [2.05, 4.69) is 10.3 Å². The number of nitrogens with one attached hydrogen (secondary N) is 1. The predicted molar refractivity (Wildman–Crippen MR) is 76.3 cm³/mol. The van der Waals surface area contributed by atoms with Gasteiger partial charge >= 0.3 is 5.97 Å². The van der Waals surface area contributed by atoms with Gasteiger partial charge in [0.1, 0.15) is 5.75 Å². The number of amides is 1. The lowest BCUT2D eigenvalue weighted by Crippen LogP contribution is -2.14. The van der Waals surface area contributed by atoms with Gasteiger partial charge in [-0.1, -0.05) is 18.2 Å². The Balaban J connectivity index is 2.18. The highest BCUT2D eigenvalue weighted by Gasteiger charge is 2.13. The van der Waals surface area contributed by atoms with E-state index in [1.807, 2.05) is 0 Å². The average Bonchev–Trinajstić information content (AvgIpc) is 2.46. The van der Waals surface area contributed by atoms with Crippen molar-refractivity contribution in [2.75, 3.05) is 5.32 Å². The number of carbonyl (C=O) groups excluding carboxylic acids is 1. The molecule has 0 aliphatic carbocycles. The number of carboxylic acids is 1. The second-order valence-corrected chi connectivity index (χ2v) is 4.40. The van der Waals surface area contributed by atoms with Crippen LogP contribution in [-0.4, -0.2) is 27.1 Å². The van der Waals surface area contributed by atoms with Gasteiger partial charge in [-0.15, -0.1) is 0 Å². The lowest BCUT2D eigenvalue weighted by Gasteiger charge is -2.11. The second-order valence-electron chi connectivity index (χ2n) is 4.40. The number of para-hydroxylation sites is 1. The number of carbonyl (C=O) groups is 2. The first-order valence-corrected chi connectivity index (χ1v) is 6.32. The highest BCUT2D eigenvalue weighted by atomic mass is 16.4. The van der Waals surface area contributed by atoms with Gasteiger partial charge in [-0.3, -0.25) is 14.6 Å². The highest BCUT2D eigenvalue weighted by Crippen LogP contribution is 2.20. The molecule has 1 amide bonds. The lowest BCUT2D eigenvalue weighted by molar-refractivity contribution is -0.136. The summed E-state index contributed by atoms with van der Waals surface area (Å²) in [5.74, 6) is -1.58. The fourth-order valence-corrected chi connectivity index (χ4v) is 1.87. The van der Waals surface area contributed by atoms with Gasteiger partial charge in [-0.25, -0.2) is 0 Å². The van der Waals surface area contributed by atoms with Crippen molar-refractivity contribution in [2.45, 2.75) is 12.8 Å². The van der Waals surface area contributed by atoms with Crippen LogP contribution >= 0.6 is 0 Å². The van der Waals surface area contributed by atoms with Crippen LogP contribution in [0.25, 0.3) is 0 Å². The number of aryl methyl sites for hydroxylation is 1. The van der Waals surface area contributed by atoms with Crippen molar-refractivity contribution in [3.8, 4) is 5.75 Å². The Morgan fingerprint density at radius 3 is 2.67 bits per heavy atom. The molecule has 0 radical (unpaired) electrons. The fraction of sp³-hybridized carbons (Fsp3) is 0.133. The topological polar surface area (TPSA) is 99.5 Å². The van der Waals surface area contributed by atoms with Gasteiger partial charge in [0.25, 0.3) is 5.91 Å². The number of carboxylic acid groups (broad SMARTS) is 1. The Labute approximate surface area is 121 Å². The molecule has 0 spiro atoms. The summed E-state index contributed by atoms with van der Waals surface area (Å²) in [5, 5.41) is 21.0. The molecule has 0 atom stereocenters. The molecule has 0 fully saturated rings. The number of hydrogen-bond acceptors (Lipinski definition) is 4. The van der Waals surface area contributed by atoms with Gasteiger partial charge < -0.3 is 15.5 Å². The summed E-state index contributed by atoms with van der Waals surface area (Å²) in [5.41, 5.74) is 1.36. The smallest absolute Gasteiger partial charge is 0.303 e. The summed E-state index contributed by atoms with van der Waals surface area (Å²) in [7, 11) is 0. The Morgan fingerprint density at radius 1 is 1.19 bits per heavy atom. The third-order valence-corrected chi connectivity index (χ3v) is 2.92. The Hall–Kier alpha value is -2.89. The molecule has 3 N–H and O–H groups in total. The minimum absolute atomic E-state index is 0.0204. The first kappa shape index (κ1) is 14.5. The van der Waals surface area contributed by atoms with Crippen molar-refractivity contribution in [1.29, 1.82) is 0 Å². The number of benzene rings is 1. The molecule has 6 nitrogen and oxygen atoms in total. The minimum atomic E-state index is -0.900. The monoisotopic (exact) mass is 286 g/mol. The van der Waals surface area contributed by atoms with Crippen molar-refractivity contribution < 1.29 is 19.8 Å². The van der Waals surface area contributed by atoms with Crippen molar-refractivity contribution in [2.24, 2.45) is 0 Å². The van der Waals surface area contributed by atoms with E-state index in [1.165, 1.54) is 18.5 Å². The Bertz CT molecular complexity index is 670. The molecule has 0 unspecified atom stereocenters. The minimum Gasteiger partial charge on any atom is -0.505 e. The molecule has 0 saturated carbocycles. The third kappa shape index (κ3) is 3.79. The molecular weight excluding hydrogens is 272 g/mol. The predicted octanol–water partition coefficient (Wildman–Crippen LogP) is 2.06. The number of aliphatic carboxylic acids is 1. The molecular formula is C15H14N2O4. The zero-order valence-corrected chi connectivity index (χ0v) is 11.1. The standard InChI is InChI=1S/C15H14N2O4/c18-13-9-16-8-7-11(13)15(21)17-12-4-2-1-3-10(12)5-6-14(19)20/h1-4,7-9,18H,5-6H2,(H,17,21)(H,19,20). The number of aromatic hydroxyl groups is 1. The average molecular weight is 286 g/mol. The van der Waals surface area contributed by atoms with Crippen LogP contribution < -0.4 is 5.32 Å². The van der Waals surface area contributed by atoms with Gasteiger partial charge in [-0.05, 0) is 24.1 Å². The maximum atomic E-state index is 12.1. The fourth-order valence-electron chi connectivity index (χ4n) is 1.87. The summed E-state index contributed by atoms with van der Waals surface area (Å²) in [6.45, 7) is 0. The largest absolute Gasteiger partial charge is 0.505 e. The Morgan fingerprint density at radius 2 is 1.95 bits per heavy atom. The van der Waals surface area contributed by atoms with Gasteiger partial charge in [-0.2, -0.15) is 0 Å². The van der Waals surface area contributed by atoms with Crippen LogP contribution in [0.3, 0.4) is 0 Å². The summed E-state index contributed by atoms with van der Waals surface area (Å²) < 4.78 is 0. The molecule has 0 aliphatic heterocycles. The van der Waals surface area contributed by atoms with Crippen LogP contribution in [-0.2, 0) is 11.2 Å². The third-order valence-electron chi connectivity index (χ3n) is 2.92. The first-order chi connectivity index (χ1) is 10.1. The lowest BCUT2D eigenvalue weighted by atomic mass is 10.1. The van der Waals surface area contributed by atoms with Crippen molar-refractivity contribution in [3.05, 3.63) is 53.9 Å². The van der Waals surface area contributed by atoms with E-state index < -0.39 is 11.9 Å². The number of aromatic nitrogens is 1. The van der Waals surface area contributed by atoms with E-state index in [-0.39, 0.29) is 17.7 Å². The van der Waals surface area contributed by atoms with Crippen LogP contribution in [0, 0.1) is 0 Å². The summed E-state index contributed by atoms with van der Waals surface area (Å²) in [4.78, 5) is 26.5. The molecule has 0 aliphatic rings. The van der Waals surface area contributed by atoms with Crippen molar-refractivity contribution in [3.63, 3.8) is 0 Å². The molecule has 0 bridgehead atoms. The van der Waals surface area contributed by atoms with E-state index >= 15 is 0 Å². The maximum Gasteiger partial charge on any atom is 0.303 e. The van der Waals surface area contributed by atoms with E-state index in [1.54, 1.807) is 24.3 Å². The van der Waals surface area contributed by atoms with Crippen molar-refractivity contribution >= 4 is 17.6 Å². The summed E-state index contributed by atoms with van der Waals surface area (Å²) >= 11 is 0. The molecule has 108 valence electrons. The number of hydrogen-bond donors (Lipinski definition) is 3. The molecule has 1 heterocycles. The molecule has 1 aromatic carbocycles.